The summed E-state index contributed by atoms with van der Waals surface area (Å²) in [5.41, 5.74) is 3.26. The van der Waals surface area contributed by atoms with E-state index in [0.29, 0.717) is 72.3 Å². The summed E-state index contributed by atoms with van der Waals surface area (Å²) in [6.07, 6.45) is 0.544. The third kappa shape index (κ3) is 8.64. The molecule has 14 nitrogen and oxygen atoms in total. The van der Waals surface area contributed by atoms with Crippen molar-refractivity contribution in [3.63, 3.8) is 0 Å². The van der Waals surface area contributed by atoms with Crippen molar-refractivity contribution < 1.29 is 29.5 Å². The quantitative estimate of drug-likeness (QED) is 0.0851. The molecule has 0 atom stereocenters. The van der Waals surface area contributed by atoms with Crippen LogP contribution < -0.4 is 5.32 Å². The Morgan fingerprint density at radius 1 is 0.667 bits per heavy atom. The van der Waals surface area contributed by atoms with Crippen molar-refractivity contribution in [2.24, 2.45) is 0 Å². The van der Waals surface area contributed by atoms with Crippen LogP contribution in [0.25, 0.3) is 22.8 Å². The van der Waals surface area contributed by atoms with Crippen molar-refractivity contribution in [2.45, 2.75) is 19.5 Å². The van der Waals surface area contributed by atoms with Gasteiger partial charge >= 0.3 is 11.9 Å². The molecule has 1 aromatic carbocycles. The third-order valence-electron chi connectivity index (χ3n) is 7.12. The topological polar surface area (TPSA) is 202 Å². The first-order valence-corrected chi connectivity index (χ1v) is 14.7. The maximum absolute atomic E-state index is 12.6. The van der Waals surface area contributed by atoms with E-state index >= 15 is 0 Å². The summed E-state index contributed by atoms with van der Waals surface area (Å²) >= 11 is 0. The van der Waals surface area contributed by atoms with Crippen molar-refractivity contribution in [3.8, 4) is 22.8 Å². The Bertz CT molecular complexity index is 1870. The fourth-order valence-corrected chi connectivity index (χ4v) is 4.83. The lowest BCUT2D eigenvalue weighted by Crippen LogP contribution is -2.30. The molecule has 0 aliphatic heterocycles. The highest BCUT2D eigenvalue weighted by Crippen LogP contribution is 2.19. The van der Waals surface area contributed by atoms with Crippen molar-refractivity contribution in [3.05, 3.63) is 136 Å². The third-order valence-corrected chi connectivity index (χ3v) is 7.12. The number of hydrogen-bond donors (Lipinski definition) is 3. The first-order valence-electron chi connectivity index (χ1n) is 14.7. The number of amides is 1. The van der Waals surface area contributed by atoms with Crippen molar-refractivity contribution in [1.82, 2.24) is 30.2 Å². The molecule has 0 unspecified atom stereocenters. The molecule has 0 aliphatic rings. The number of nitrogens with zero attached hydrogens (tertiary/aromatic N) is 6. The number of hydrogen-bond acceptors (Lipinski definition) is 10. The minimum Gasteiger partial charge on any atom is -0.477 e. The van der Waals surface area contributed by atoms with E-state index in [-0.39, 0.29) is 23.0 Å². The van der Waals surface area contributed by atoms with E-state index in [0.717, 1.165) is 0 Å². The van der Waals surface area contributed by atoms with Gasteiger partial charge in [0.25, 0.3) is 11.6 Å². The summed E-state index contributed by atoms with van der Waals surface area (Å²) in [7, 11) is 0. The van der Waals surface area contributed by atoms with E-state index in [1.807, 2.05) is 24.3 Å². The fourth-order valence-electron chi connectivity index (χ4n) is 4.83. The average molecular weight is 648 g/mol. The van der Waals surface area contributed by atoms with Gasteiger partial charge in [-0.3, -0.25) is 19.8 Å². The normalized spacial score (nSPS) is 10.9. The lowest BCUT2D eigenvalue weighted by Gasteiger charge is -2.22. The minimum atomic E-state index is -1.14. The van der Waals surface area contributed by atoms with E-state index in [4.69, 9.17) is 9.97 Å². The number of benzene rings is 1. The Hall–Kier alpha value is -6.41. The summed E-state index contributed by atoms with van der Waals surface area (Å²) in [5.74, 6) is -2.63. The minimum absolute atomic E-state index is 0.0913. The molecule has 14 heteroatoms. The molecule has 4 heterocycles. The summed E-state index contributed by atoms with van der Waals surface area (Å²) in [5, 5.41) is 32.5. The van der Waals surface area contributed by atoms with Crippen LogP contribution in [0.1, 0.15) is 49.1 Å². The van der Waals surface area contributed by atoms with Gasteiger partial charge in [-0.05, 0) is 67.1 Å². The van der Waals surface area contributed by atoms with Crippen molar-refractivity contribution in [2.75, 3.05) is 13.1 Å². The Morgan fingerprint density at radius 3 is 1.58 bits per heavy atom. The zero-order valence-electron chi connectivity index (χ0n) is 25.4. The van der Waals surface area contributed by atoms with Gasteiger partial charge in [-0.15, -0.1) is 0 Å². The number of pyridine rings is 4. The van der Waals surface area contributed by atoms with Gasteiger partial charge in [-0.25, -0.2) is 29.5 Å². The second-order valence-electron chi connectivity index (χ2n) is 10.6. The van der Waals surface area contributed by atoms with Crippen LogP contribution in [0, 0.1) is 10.1 Å². The van der Waals surface area contributed by atoms with Gasteiger partial charge in [0, 0.05) is 43.9 Å². The number of nitro groups is 1. The number of carboxylic acids is 2. The maximum Gasteiger partial charge on any atom is 0.354 e. The Labute approximate surface area is 273 Å². The van der Waals surface area contributed by atoms with Gasteiger partial charge in [-0.2, -0.15) is 0 Å². The van der Waals surface area contributed by atoms with E-state index in [1.54, 1.807) is 36.4 Å². The predicted molar refractivity (Wildman–Crippen MR) is 173 cm³/mol. The zero-order valence-corrected chi connectivity index (χ0v) is 25.4. The highest BCUT2D eigenvalue weighted by molar-refractivity contribution is 5.94. The number of carbonyl (C=O) groups is 3. The molecular formula is C34H29N7O7. The van der Waals surface area contributed by atoms with E-state index in [9.17, 15) is 34.7 Å². The Kier molecular flexibility index (Phi) is 10.5. The molecule has 0 saturated carbocycles. The first kappa shape index (κ1) is 33.0. The molecule has 4 aromatic heterocycles. The monoisotopic (exact) mass is 647 g/mol. The van der Waals surface area contributed by atoms with Crippen LogP contribution >= 0.6 is 0 Å². The van der Waals surface area contributed by atoms with E-state index < -0.39 is 16.9 Å². The Balaban J connectivity index is 1.32. The summed E-state index contributed by atoms with van der Waals surface area (Å²) in [6.45, 7) is 1.59. The van der Waals surface area contributed by atoms with Crippen LogP contribution in [0.3, 0.4) is 0 Å². The van der Waals surface area contributed by atoms with Crippen LogP contribution in [0.2, 0.25) is 0 Å². The van der Waals surface area contributed by atoms with Crippen LogP contribution in [0.4, 0.5) is 5.69 Å². The molecule has 0 bridgehead atoms. The number of carboxylic acid groups (broad SMARTS) is 2. The van der Waals surface area contributed by atoms with Crippen LogP contribution in [0.5, 0.6) is 0 Å². The lowest BCUT2D eigenvalue weighted by atomic mass is 10.2. The SMILES string of the molecule is O=C(NCCCN(Cc1cccc(-c2cccc(C(=O)O)n2)n1)Cc1cccc(-c2cccc(C(=O)O)n2)n1)c1ccc([N+](=O)[O-])cc1. The van der Waals surface area contributed by atoms with Gasteiger partial charge in [0.15, 0.2) is 0 Å². The van der Waals surface area contributed by atoms with Gasteiger partial charge in [-0.1, -0.05) is 24.3 Å². The van der Waals surface area contributed by atoms with Gasteiger partial charge in [0.05, 0.1) is 39.1 Å². The fraction of sp³-hybridized carbons (Fsp3) is 0.147. The summed E-state index contributed by atoms with van der Waals surface area (Å²) < 4.78 is 0. The number of aromatic carboxylic acids is 2. The molecular weight excluding hydrogens is 618 g/mol. The molecule has 3 N–H and O–H groups in total. The number of rotatable bonds is 14. The predicted octanol–water partition coefficient (Wildman–Crippen LogP) is 4.73. The second kappa shape index (κ2) is 15.2. The van der Waals surface area contributed by atoms with Gasteiger partial charge < -0.3 is 15.5 Å². The number of carbonyl (C=O) groups excluding carboxylic acids is 1. The molecule has 5 aromatic rings. The standard InChI is InChI=1S/C34H29N7O7/c42-32(22-14-16-25(17-15-22)41(47)48)35-18-5-19-40(20-23-6-1-8-26(36-23)28-10-3-12-30(38-28)33(43)44)21-24-7-2-9-27(37-24)29-11-4-13-31(39-29)34(45)46/h1-4,6-17H,5,18-21H2,(H,35,42)(H,43,44)(H,45,46). The second-order valence-corrected chi connectivity index (χ2v) is 10.6. The number of nitrogens with one attached hydrogen (secondary N) is 1. The van der Waals surface area contributed by atoms with Gasteiger partial charge in [0.2, 0.25) is 0 Å². The molecule has 0 spiro atoms. The number of non-ortho nitro benzene ring substituents is 1. The average Bonchev–Trinajstić information content (AvgIpc) is 3.10. The van der Waals surface area contributed by atoms with Crippen LogP contribution in [-0.4, -0.2) is 70.9 Å². The molecule has 48 heavy (non-hydrogen) atoms. The smallest absolute Gasteiger partial charge is 0.354 e. The molecule has 0 saturated heterocycles. The molecule has 0 aliphatic carbocycles. The van der Waals surface area contributed by atoms with Crippen molar-refractivity contribution >= 4 is 23.5 Å². The van der Waals surface area contributed by atoms with Crippen LogP contribution in [-0.2, 0) is 13.1 Å². The molecule has 0 fully saturated rings. The molecule has 0 radical (unpaired) electrons. The Morgan fingerprint density at radius 2 is 1.12 bits per heavy atom. The number of aromatic nitrogens is 4. The molecule has 1 amide bonds. The highest BCUT2D eigenvalue weighted by atomic mass is 16.6. The molecule has 242 valence electrons. The van der Waals surface area contributed by atoms with Crippen molar-refractivity contribution in [1.29, 1.82) is 0 Å². The first-order chi connectivity index (χ1) is 23.2. The zero-order chi connectivity index (χ0) is 34.0. The van der Waals surface area contributed by atoms with E-state index in [2.05, 4.69) is 20.2 Å². The number of nitro benzene ring substituents is 1. The highest BCUT2D eigenvalue weighted by Gasteiger charge is 2.15. The summed E-state index contributed by atoms with van der Waals surface area (Å²) in [4.78, 5) is 65.8. The maximum atomic E-state index is 12.6. The largest absolute Gasteiger partial charge is 0.477 e. The molecule has 5 rings (SSSR count). The van der Waals surface area contributed by atoms with E-state index in [1.165, 1.54) is 36.4 Å². The lowest BCUT2D eigenvalue weighted by molar-refractivity contribution is -0.384. The van der Waals surface area contributed by atoms with Gasteiger partial charge in [0.1, 0.15) is 11.4 Å². The van der Waals surface area contributed by atoms with Crippen LogP contribution in [0.15, 0.2) is 97.1 Å². The summed E-state index contributed by atoms with van der Waals surface area (Å²) in [6, 6.07) is 25.6.